The largest absolute Gasteiger partial charge is 0.493 e. The van der Waals surface area contributed by atoms with Crippen LogP contribution < -0.4 is 15.0 Å². The fourth-order valence-corrected chi connectivity index (χ4v) is 3.23. The van der Waals surface area contributed by atoms with Gasteiger partial charge in [-0.05, 0) is 19.1 Å². The van der Waals surface area contributed by atoms with Crippen molar-refractivity contribution in [2.24, 2.45) is 0 Å². The Morgan fingerprint density at radius 1 is 1.30 bits per heavy atom. The van der Waals surface area contributed by atoms with Crippen molar-refractivity contribution in [1.29, 1.82) is 0 Å². The van der Waals surface area contributed by atoms with E-state index in [9.17, 15) is 0 Å². The SMILES string of the molecule is CCOc1ccccc1-c1csc(N2CCNCC2)n1. The number of thiazole rings is 1. The summed E-state index contributed by atoms with van der Waals surface area (Å²) in [6, 6.07) is 8.10. The third-order valence-corrected chi connectivity index (χ3v) is 4.24. The van der Waals surface area contributed by atoms with Crippen molar-refractivity contribution < 1.29 is 4.74 Å². The van der Waals surface area contributed by atoms with Gasteiger partial charge in [-0.2, -0.15) is 0 Å². The molecule has 0 radical (unpaired) electrons. The van der Waals surface area contributed by atoms with Gasteiger partial charge >= 0.3 is 0 Å². The maximum atomic E-state index is 5.69. The number of piperazine rings is 1. The Morgan fingerprint density at radius 2 is 2.10 bits per heavy atom. The summed E-state index contributed by atoms with van der Waals surface area (Å²) in [7, 11) is 0. The first-order valence-electron chi connectivity index (χ1n) is 7.02. The van der Waals surface area contributed by atoms with Gasteiger partial charge in [0.15, 0.2) is 5.13 Å². The molecule has 0 atom stereocenters. The molecule has 1 aromatic heterocycles. The van der Waals surface area contributed by atoms with Gasteiger partial charge in [-0.15, -0.1) is 11.3 Å². The highest BCUT2D eigenvalue weighted by atomic mass is 32.1. The maximum Gasteiger partial charge on any atom is 0.185 e. The third-order valence-electron chi connectivity index (χ3n) is 3.34. The molecule has 0 aliphatic carbocycles. The van der Waals surface area contributed by atoms with Crippen molar-refractivity contribution in [2.75, 3.05) is 37.7 Å². The van der Waals surface area contributed by atoms with Crippen LogP contribution in [0.1, 0.15) is 6.92 Å². The Labute approximate surface area is 123 Å². The summed E-state index contributed by atoms with van der Waals surface area (Å²) >= 11 is 1.71. The van der Waals surface area contributed by atoms with Crippen LogP contribution in [0.4, 0.5) is 5.13 Å². The van der Waals surface area contributed by atoms with E-state index in [1.165, 1.54) is 0 Å². The Balaban J connectivity index is 1.86. The van der Waals surface area contributed by atoms with E-state index in [0.29, 0.717) is 6.61 Å². The predicted molar refractivity (Wildman–Crippen MR) is 83.8 cm³/mol. The van der Waals surface area contributed by atoms with Gasteiger partial charge in [0.2, 0.25) is 0 Å². The van der Waals surface area contributed by atoms with Gasteiger partial charge in [-0.25, -0.2) is 4.98 Å². The smallest absolute Gasteiger partial charge is 0.185 e. The number of benzene rings is 1. The number of aromatic nitrogens is 1. The van der Waals surface area contributed by atoms with Crippen molar-refractivity contribution in [3.63, 3.8) is 0 Å². The minimum absolute atomic E-state index is 0.672. The van der Waals surface area contributed by atoms with E-state index < -0.39 is 0 Å². The first-order valence-corrected chi connectivity index (χ1v) is 7.90. The molecule has 1 N–H and O–H groups in total. The molecule has 0 unspecified atom stereocenters. The molecule has 1 aliphatic heterocycles. The highest BCUT2D eigenvalue weighted by Crippen LogP contribution is 2.33. The fraction of sp³-hybridized carbons (Fsp3) is 0.400. The van der Waals surface area contributed by atoms with E-state index >= 15 is 0 Å². The van der Waals surface area contributed by atoms with Crippen molar-refractivity contribution in [3.05, 3.63) is 29.6 Å². The van der Waals surface area contributed by atoms with Crippen LogP contribution in [0.3, 0.4) is 0 Å². The molecule has 2 heterocycles. The zero-order valence-electron chi connectivity index (χ0n) is 11.6. The molecule has 0 amide bonds. The normalized spacial score (nSPS) is 15.3. The topological polar surface area (TPSA) is 37.4 Å². The van der Waals surface area contributed by atoms with Crippen LogP contribution in [-0.2, 0) is 0 Å². The van der Waals surface area contributed by atoms with Crippen LogP contribution in [-0.4, -0.2) is 37.8 Å². The molecule has 1 saturated heterocycles. The van der Waals surface area contributed by atoms with Crippen molar-refractivity contribution in [1.82, 2.24) is 10.3 Å². The molecule has 106 valence electrons. The Hall–Kier alpha value is -1.59. The molecule has 2 aromatic rings. The Morgan fingerprint density at radius 3 is 2.90 bits per heavy atom. The lowest BCUT2D eigenvalue weighted by Crippen LogP contribution is -2.43. The van der Waals surface area contributed by atoms with Gasteiger partial charge in [0.25, 0.3) is 0 Å². The highest BCUT2D eigenvalue weighted by molar-refractivity contribution is 7.14. The molecule has 0 spiro atoms. The zero-order valence-corrected chi connectivity index (χ0v) is 12.4. The van der Waals surface area contributed by atoms with Crippen LogP contribution in [0.25, 0.3) is 11.3 Å². The highest BCUT2D eigenvalue weighted by Gasteiger charge is 2.16. The van der Waals surface area contributed by atoms with E-state index in [4.69, 9.17) is 9.72 Å². The van der Waals surface area contributed by atoms with Crippen molar-refractivity contribution >= 4 is 16.5 Å². The first kappa shape index (κ1) is 13.4. The summed E-state index contributed by atoms with van der Waals surface area (Å²) in [6.07, 6.45) is 0. The zero-order chi connectivity index (χ0) is 13.8. The van der Waals surface area contributed by atoms with Crippen LogP contribution in [0.15, 0.2) is 29.6 Å². The quantitative estimate of drug-likeness (QED) is 0.939. The first-order chi connectivity index (χ1) is 9.88. The second kappa shape index (κ2) is 6.24. The molecule has 3 rings (SSSR count). The monoisotopic (exact) mass is 289 g/mol. The summed E-state index contributed by atoms with van der Waals surface area (Å²) in [5, 5.41) is 6.59. The number of hydrogen-bond acceptors (Lipinski definition) is 5. The lowest BCUT2D eigenvalue weighted by atomic mass is 10.1. The van der Waals surface area contributed by atoms with Gasteiger partial charge in [0.1, 0.15) is 5.75 Å². The van der Waals surface area contributed by atoms with Gasteiger partial charge in [-0.3, -0.25) is 0 Å². The average molecular weight is 289 g/mol. The molecule has 4 nitrogen and oxygen atoms in total. The Bertz CT molecular complexity index is 564. The van der Waals surface area contributed by atoms with E-state index in [2.05, 4.69) is 21.7 Å². The molecule has 5 heteroatoms. The van der Waals surface area contributed by atoms with E-state index in [1.54, 1.807) is 11.3 Å². The van der Waals surface area contributed by atoms with Crippen LogP contribution in [0, 0.1) is 0 Å². The van der Waals surface area contributed by atoms with Gasteiger partial charge in [0, 0.05) is 37.1 Å². The van der Waals surface area contributed by atoms with Gasteiger partial charge in [-0.1, -0.05) is 12.1 Å². The summed E-state index contributed by atoms with van der Waals surface area (Å²) in [6.45, 7) is 6.80. The number of nitrogens with one attached hydrogen (secondary N) is 1. The summed E-state index contributed by atoms with van der Waals surface area (Å²) in [5.41, 5.74) is 2.08. The molecular formula is C15H19N3OS. The van der Waals surface area contributed by atoms with Crippen LogP contribution in [0.5, 0.6) is 5.75 Å². The molecule has 1 aliphatic rings. The second-order valence-electron chi connectivity index (χ2n) is 4.68. The van der Waals surface area contributed by atoms with Gasteiger partial charge < -0.3 is 15.0 Å². The van der Waals surface area contributed by atoms with Crippen molar-refractivity contribution in [2.45, 2.75) is 6.92 Å². The molecule has 20 heavy (non-hydrogen) atoms. The second-order valence-corrected chi connectivity index (χ2v) is 5.52. The van der Waals surface area contributed by atoms with Crippen LogP contribution >= 0.6 is 11.3 Å². The van der Waals surface area contributed by atoms with Crippen molar-refractivity contribution in [3.8, 4) is 17.0 Å². The number of rotatable bonds is 4. The minimum atomic E-state index is 0.672. The number of nitrogens with zero attached hydrogens (tertiary/aromatic N) is 2. The lowest BCUT2D eigenvalue weighted by molar-refractivity contribution is 0.341. The predicted octanol–water partition coefficient (Wildman–Crippen LogP) is 2.62. The standard InChI is InChI=1S/C15H19N3OS/c1-2-19-14-6-4-3-5-12(14)13-11-20-15(17-13)18-9-7-16-8-10-18/h3-6,11,16H,2,7-10H2,1H3. The molecule has 0 bridgehead atoms. The minimum Gasteiger partial charge on any atom is -0.493 e. The van der Waals surface area contributed by atoms with E-state index in [1.807, 2.05) is 25.1 Å². The maximum absolute atomic E-state index is 5.69. The molecule has 0 saturated carbocycles. The third kappa shape index (κ3) is 2.78. The van der Waals surface area contributed by atoms with E-state index in [-0.39, 0.29) is 0 Å². The fourth-order valence-electron chi connectivity index (χ4n) is 2.35. The molecular weight excluding hydrogens is 270 g/mol. The number of ether oxygens (including phenoxy) is 1. The Kier molecular flexibility index (Phi) is 4.18. The summed E-state index contributed by atoms with van der Waals surface area (Å²) in [4.78, 5) is 7.12. The van der Waals surface area contributed by atoms with Crippen LogP contribution in [0.2, 0.25) is 0 Å². The summed E-state index contributed by atoms with van der Waals surface area (Å²) < 4.78 is 5.69. The molecule has 1 aromatic carbocycles. The average Bonchev–Trinajstić information content (AvgIpc) is 2.99. The van der Waals surface area contributed by atoms with E-state index in [0.717, 1.165) is 48.3 Å². The number of para-hydroxylation sites is 1. The molecule has 1 fully saturated rings. The summed E-state index contributed by atoms with van der Waals surface area (Å²) in [5.74, 6) is 0.909. The lowest BCUT2D eigenvalue weighted by Gasteiger charge is -2.26. The number of anilines is 1. The number of hydrogen-bond donors (Lipinski definition) is 1. The van der Waals surface area contributed by atoms with Gasteiger partial charge in [0.05, 0.1) is 12.3 Å².